The number of nitrogens with one attached hydrogen (secondary N) is 1. The predicted octanol–water partition coefficient (Wildman–Crippen LogP) is 3.05. The second-order valence-corrected chi connectivity index (χ2v) is 6.53. The van der Waals surface area contributed by atoms with Crippen molar-refractivity contribution in [2.24, 2.45) is 0 Å². The van der Waals surface area contributed by atoms with Crippen LogP contribution >= 0.6 is 11.3 Å². The number of hydrogen-bond acceptors (Lipinski definition) is 6. The standard InChI is InChI=1S/C15H16N6S/c1-10-17-13(9-22-10)8-16-12-4-2-11(3-5-12)15-18-19-20-21(15)14-6-7-14/h2-5,9,14,16H,6-8H2,1H3. The number of rotatable bonds is 5. The molecule has 0 atom stereocenters. The zero-order chi connectivity index (χ0) is 14.9. The maximum atomic E-state index is 4.45. The second kappa shape index (κ2) is 5.49. The highest BCUT2D eigenvalue weighted by molar-refractivity contribution is 7.09. The van der Waals surface area contributed by atoms with Crippen LogP contribution < -0.4 is 5.32 Å². The van der Waals surface area contributed by atoms with Crippen LogP contribution in [0.1, 0.15) is 29.6 Å². The minimum absolute atomic E-state index is 0.482. The van der Waals surface area contributed by atoms with E-state index in [-0.39, 0.29) is 0 Å². The van der Waals surface area contributed by atoms with Crippen LogP contribution in [-0.2, 0) is 6.54 Å². The molecule has 0 bridgehead atoms. The summed E-state index contributed by atoms with van der Waals surface area (Å²) in [5, 5.41) is 18.6. The third-order valence-corrected chi connectivity index (χ3v) is 4.49. The van der Waals surface area contributed by atoms with E-state index in [2.05, 4.69) is 55.5 Å². The van der Waals surface area contributed by atoms with E-state index in [0.717, 1.165) is 34.3 Å². The molecule has 6 nitrogen and oxygen atoms in total. The number of nitrogens with zero attached hydrogens (tertiary/aromatic N) is 5. The first-order chi connectivity index (χ1) is 10.8. The zero-order valence-electron chi connectivity index (χ0n) is 12.2. The van der Waals surface area contributed by atoms with E-state index >= 15 is 0 Å². The van der Waals surface area contributed by atoms with Crippen LogP contribution in [0.15, 0.2) is 29.6 Å². The Morgan fingerprint density at radius 2 is 2.09 bits per heavy atom. The molecule has 7 heteroatoms. The molecule has 0 spiro atoms. The molecule has 0 unspecified atom stereocenters. The molecular formula is C15H16N6S. The molecule has 22 heavy (non-hydrogen) atoms. The van der Waals surface area contributed by atoms with Crippen molar-refractivity contribution in [1.82, 2.24) is 25.2 Å². The molecule has 3 aromatic rings. The van der Waals surface area contributed by atoms with Gasteiger partial charge in [0.05, 0.1) is 23.3 Å². The average Bonchev–Trinajstić information content (AvgIpc) is 3.11. The number of aromatic nitrogens is 5. The van der Waals surface area contributed by atoms with Crippen molar-refractivity contribution in [2.75, 3.05) is 5.32 Å². The first kappa shape index (κ1) is 13.4. The number of tetrazole rings is 1. The highest BCUT2D eigenvalue weighted by atomic mass is 32.1. The number of hydrogen-bond donors (Lipinski definition) is 1. The maximum Gasteiger partial charge on any atom is 0.182 e. The molecule has 0 aliphatic heterocycles. The molecule has 1 aliphatic carbocycles. The van der Waals surface area contributed by atoms with E-state index in [1.165, 1.54) is 12.8 Å². The Balaban J connectivity index is 1.47. The predicted molar refractivity (Wildman–Crippen MR) is 85.7 cm³/mol. The van der Waals surface area contributed by atoms with Crippen molar-refractivity contribution in [3.8, 4) is 11.4 Å². The molecule has 0 amide bonds. The third kappa shape index (κ3) is 2.71. The lowest BCUT2D eigenvalue weighted by Gasteiger charge is -2.06. The van der Waals surface area contributed by atoms with Gasteiger partial charge in [0.1, 0.15) is 0 Å². The lowest BCUT2D eigenvalue weighted by Crippen LogP contribution is -2.01. The fraction of sp³-hybridized carbons (Fsp3) is 0.333. The van der Waals surface area contributed by atoms with Gasteiger partial charge < -0.3 is 5.32 Å². The lowest BCUT2D eigenvalue weighted by atomic mass is 10.2. The van der Waals surface area contributed by atoms with Crippen molar-refractivity contribution in [3.05, 3.63) is 40.3 Å². The Morgan fingerprint density at radius 1 is 1.27 bits per heavy atom. The Hall–Kier alpha value is -2.28. The molecule has 112 valence electrons. The van der Waals surface area contributed by atoms with Gasteiger partial charge in [-0.2, -0.15) is 0 Å². The fourth-order valence-electron chi connectivity index (χ4n) is 2.37. The Kier molecular flexibility index (Phi) is 3.34. The summed E-state index contributed by atoms with van der Waals surface area (Å²) in [5.41, 5.74) is 3.19. The number of anilines is 1. The summed E-state index contributed by atoms with van der Waals surface area (Å²) in [5.74, 6) is 0.851. The normalized spacial score (nSPS) is 14.2. The van der Waals surface area contributed by atoms with Crippen molar-refractivity contribution in [1.29, 1.82) is 0 Å². The van der Waals surface area contributed by atoms with Crippen molar-refractivity contribution < 1.29 is 0 Å². The molecular weight excluding hydrogens is 296 g/mol. The molecule has 0 radical (unpaired) electrons. The summed E-state index contributed by atoms with van der Waals surface area (Å²) in [6.07, 6.45) is 2.34. The number of benzene rings is 1. The van der Waals surface area contributed by atoms with Gasteiger partial charge in [-0.25, -0.2) is 9.67 Å². The molecule has 1 aromatic carbocycles. The van der Waals surface area contributed by atoms with Crippen molar-refractivity contribution in [2.45, 2.75) is 32.4 Å². The van der Waals surface area contributed by atoms with Gasteiger partial charge in [0.15, 0.2) is 5.82 Å². The first-order valence-corrected chi connectivity index (χ1v) is 8.21. The van der Waals surface area contributed by atoms with Crippen LogP contribution in [-0.4, -0.2) is 25.2 Å². The van der Waals surface area contributed by atoms with Crippen LogP contribution in [0.25, 0.3) is 11.4 Å². The minimum atomic E-state index is 0.482. The molecule has 1 N–H and O–H groups in total. The average molecular weight is 312 g/mol. The van der Waals surface area contributed by atoms with Gasteiger partial charge in [0, 0.05) is 16.6 Å². The quantitative estimate of drug-likeness (QED) is 0.784. The van der Waals surface area contributed by atoms with Crippen LogP contribution in [0.2, 0.25) is 0 Å². The smallest absolute Gasteiger partial charge is 0.182 e. The van der Waals surface area contributed by atoms with E-state index in [9.17, 15) is 0 Å². The van der Waals surface area contributed by atoms with Gasteiger partial charge in [0.25, 0.3) is 0 Å². The van der Waals surface area contributed by atoms with Gasteiger partial charge in [-0.15, -0.1) is 16.4 Å². The third-order valence-electron chi connectivity index (χ3n) is 3.67. The highest BCUT2D eigenvalue weighted by Crippen LogP contribution is 2.36. The van der Waals surface area contributed by atoms with E-state index in [4.69, 9.17) is 0 Å². The van der Waals surface area contributed by atoms with Crippen LogP contribution in [0.5, 0.6) is 0 Å². The number of aryl methyl sites for hydroxylation is 1. The number of thiazole rings is 1. The van der Waals surface area contributed by atoms with E-state index in [0.29, 0.717) is 6.04 Å². The van der Waals surface area contributed by atoms with Gasteiger partial charge in [0.2, 0.25) is 0 Å². The Labute approximate surface area is 132 Å². The van der Waals surface area contributed by atoms with E-state index in [1.54, 1.807) is 11.3 Å². The van der Waals surface area contributed by atoms with E-state index in [1.807, 2.05) is 11.6 Å². The Bertz CT molecular complexity index is 771. The van der Waals surface area contributed by atoms with Gasteiger partial charge in [-0.05, 0) is 54.5 Å². The molecule has 1 aliphatic rings. The van der Waals surface area contributed by atoms with Gasteiger partial charge in [-0.1, -0.05) is 0 Å². The Morgan fingerprint density at radius 3 is 2.77 bits per heavy atom. The molecule has 0 saturated heterocycles. The van der Waals surface area contributed by atoms with Crippen LogP contribution in [0.3, 0.4) is 0 Å². The summed E-state index contributed by atoms with van der Waals surface area (Å²) in [4.78, 5) is 4.45. The summed E-state index contributed by atoms with van der Waals surface area (Å²) in [6.45, 7) is 2.76. The van der Waals surface area contributed by atoms with Crippen LogP contribution in [0.4, 0.5) is 5.69 Å². The summed E-state index contributed by atoms with van der Waals surface area (Å²) < 4.78 is 1.93. The first-order valence-electron chi connectivity index (χ1n) is 7.33. The van der Waals surface area contributed by atoms with Gasteiger partial charge in [-0.3, -0.25) is 0 Å². The molecule has 2 aromatic heterocycles. The van der Waals surface area contributed by atoms with E-state index < -0.39 is 0 Å². The van der Waals surface area contributed by atoms with Crippen LogP contribution in [0, 0.1) is 6.92 Å². The van der Waals surface area contributed by atoms with Crippen molar-refractivity contribution >= 4 is 17.0 Å². The lowest BCUT2D eigenvalue weighted by molar-refractivity contribution is 0.615. The highest BCUT2D eigenvalue weighted by Gasteiger charge is 2.28. The second-order valence-electron chi connectivity index (χ2n) is 5.47. The topological polar surface area (TPSA) is 68.5 Å². The summed E-state index contributed by atoms with van der Waals surface area (Å²) in [7, 11) is 0. The largest absolute Gasteiger partial charge is 0.379 e. The molecule has 1 saturated carbocycles. The van der Waals surface area contributed by atoms with Gasteiger partial charge >= 0.3 is 0 Å². The minimum Gasteiger partial charge on any atom is -0.379 e. The SMILES string of the molecule is Cc1nc(CNc2ccc(-c3nnnn3C3CC3)cc2)cs1. The fourth-order valence-corrected chi connectivity index (χ4v) is 2.98. The molecule has 4 rings (SSSR count). The zero-order valence-corrected chi connectivity index (χ0v) is 13.0. The molecule has 1 fully saturated rings. The molecule has 2 heterocycles. The maximum absolute atomic E-state index is 4.45. The summed E-state index contributed by atoms with van der Waals surface area (Å²) >= 11 is 1.67. The summed E-state index contributed by atoms with van der Waals surface area (Å²) in [6, 6.07) is 8.70. The van der Waals surface area contributed by atoms with Crippen molar-refractivity contribution in [3.63, 3.8) is 0 Å². The monoisotopic (exact) mass is 312 g/mol.